The lowest BCUT2D eigenvalue weighted by molar-refractivity contribution is -0.430. The van der Waals surface area contributed by atoms with E-state index in [0.717, 1.165) is 0 Å². The minimum Gasteiger partial charge on any atom is -0.477 e. The predicted molar refractivity (Wildman–Crippen MR) is 26.3 cm³/mol. The second kappa shape index (κ2) is 3.43. The highest BCUT2D eigenvalue weighted by molar-refractivity contribution is 5.72. The zero-order valence-corrected chi connectivity index (χ0v) is 5.00. The molecule has 4 nitrogen and oxygen atoms in total. The Balaban J connectivity index is 3.94. The fourth-order valence-corrected chi connectivity index (χ4v) is 0.322. The van der Waals surface area contributed by atoms with Gasteiger partial charge in [-0.15, -0.1) is 0 Å². The van der Waals surface area contributed by atoms with Crippen molar-refractivity contribution >= 4 is 5.97 Å². The molecule has 0 aliphatic rings. The van der Waals surface area contributed by atoms with Gasteiger partial charge in [-0.25, -0.2) is 13.6 Å². The molecule has 0 saturated carbocycles. The molecule has 0 saturated heterocycles. The molecular weight excluding hydrogens is 148 g/mol. The molecule has 0 rings (SSSR count). The quantitative estimate of drug-likeness (QED) is 0.455. The Morgan fingerprint density at radius 3 is 2.00 bits per heavy atom. The van der Waals surface area contributed by atoms with Crippen molar-refractivity contribution in [2.45, 2.75) is 18.6 Å². The molecule has 0 spiro atoms. The van der Waals surface area contributed by atoms with Crippen LogP contribution in [0.1, 0.15) is 0 Å². The van der Waals surface area contributed by atoms with Gasteiger partial charge in [0.1, 0.15) is 0 Å². The van der Waals surface area contributed by atoms with E-state index in [9.17, 15) is 13.6 Å². The number of aliphatic hydroxyl groups is 1. The average molecular weight is 156 g/mol. The summed E-state index contributed by atoms with van der Waals surface area (Å²) in [5.74, 6) is -1.53. The van der Waals surface area contributed by atoms with E-state index < -0.39 is 24.5 Å². The van der Waals surface area contributed by atoms with Gasteiger partial charge in [-0.1, -0.05) is 0 Å². The van der Waals surface area contributed by atoms with Crippen molar-refractivity contribution in [1.29, 1.82) is 0 Å². The first-order chi connectivity index (χ1) is 4.46. The van der Waals surface area contributed by atoms with Gasteiger partial charge in [0.15, 0.2) is 6.10 Å². The summed E-state index contributed by atoms with van der Waals surface area (Å²) >= 11 is 0. The topological polar surface area (TPSA) is 85.2 Å². The lowest BCUT2D eigenvalue weighted by Gasteiger charge is -2.09. The largest absolute Gasteiger partial charge is 0.477 e. The second-order valence-electron chi connectivity index (χ2n) is 1.77. The Bertz CT molecular complexity index is 130. The zero-order valence-electron chi connectivity index (χ0n) is 5.00. The number of carboxylic acid groups (broad SMARTS) is 1. The summed E-state index contributed by atoms with van der Waals surface area (Å²) in [5.41, 5.74) is 2.83. The van der Waals surface area contributed by atoms with Gasteiger partial charge in [-0.3, -0.25) is 0 Å². The number of quaternary nitrogens is 1. The second-order valence-corrected chi connectivity index (χ2v) is 1.77. The number of rotatable bonds is 3. The monoisotopic (exact) mass is 156 g/mol. The summed E-state index contributed by atoms with van der Waals surface area (Å²) < 4.78 is 23.0. The highest BCUT2D eigenvalue weighted by Crippen LogP contribution is 2.02. The van der Waals surface area contributed by atoms with E-state index in [1.54, 1.807) is 0 Å². The number of carboxylic acids is 1. The highest BCUT2D eigenvalue weighted by Gasteiger charge is 2.33. The molecule has 0 fully saturated rings. The van der Waals surface area contributed by atoms with Crippen molar-refractivity contribution < 1.29 is 29.5 Å². The van der Waals surface area contributed by atoms with Crippen LogP contribution in [0.2, 0.25) is 0 Å². The van der Waals surface area contributed by atoms with Crippen LogP contribution in [0.15, 0.2) is 0 Å². The molecule has 0 bridgehead atoms. The molecule has 0 amide bonds. The van der Waals surface area contributed by atoms with Crippen molar-refractivity contribution in [1.82, 2.24) is 0 Å². The van der Waals surface area contributed by atoms with E-state index in [0.29, 0.717) is 0 Å². The van der Waals surface area contributed by atoms with Gasteiger partial charge in [0.05, 0.1) is 0 Å². The molecule has 0 aromatic heterocycles. The lowest BCUT2D eigenvalue weighted by Crippen LogP contribution is -2.71. The number of hydrogen-bond acceptors (Lipinski definition) is 2. The molecule has 0 heterocycles. The minimum absolute atomic E-state index is 1.53. The number of alkyl halides is 2. The fraction of sp³-hybridized carbons (Fsp3) is 0.750. The van der Waals surface area contributed by atoms with E-state index in [2.05, 4.69) is 5.73 Å². The molecule has 0 aromatic rings. The van der Waals surface area contributed by atoms with E-state index >= 15 is 0 Å². The minimum atomic E-state index is -3.06. The first kappa shape index (κ1) is 9.25. The summed E-state index contributed by atoms with van der Waals surface area (Å²) in [6.07, 6.45) is -5.24. The lowest BCUT2D eigenvalue weighted by atomic mass is 10.2. The van der Waals surface area contributed by atoms with Gasteiger partial charge < -0.3 is 15.9 Å². The van der Waals surface area contributed by atoms with Crippen LogP contribution >= 0.6 is 0 Å². The molecule has 6 heteroatoms. The van der Waals surface area contributed by atoms with Gasteiger partial charge in [0, 0.05) is 0 Å². The van der Waals surface area contributed by atoms with Crippen LogP contribution in [0.5, 0.6) is 0 Å². The molecule has 5 N–H and O–H groups in total. The van der Waals surface area contributed by atoms with Crippen LogP contribution in [0.3, 0.4) is 0 Å². The molecule has 0 aliphatic heterocycles. The maximum atomic E-state index is 11.5. The van der Waals surface area contributed by atoms with Crippen LogP contribution in [-0.4, -0.2) is 34.8 Å². The molecular formula is C4H8F2NO3+. The van der Waals surface area contributed by atoms with Crippen molar-refractivity contribution in [2.24, 2.45) is 0 Å². The third-order valence-electron chi connectivity index (χ3n) is 0.988. The number of aliphatic carboxylic acids is 1. The first-order valence-corrected chi connectivity index (χ1v) is 2.49. The molecule has 60 valence electrons. The summed E-state index contributed by atoms with van der Waals surface area (Å²) in [7, 11) is 0. The SMILES string of the molecule is [NH3+]C(C(=O)O)C(O)C(F)F. The van der Waals surface area contributed by atoms with E-state index in [1.165, 1.54) is 0 Å². The van der Waals surface area contributed by atoms with Crippen LogP contribution < -0.4 is 5.73 Å². The maximum Gasteiger partial charge on any atom is 0.365 e. The maximum absolute atomic E-state index is 11.5. The van der Waals surface area contributed by atoms with Crippen LogP contribution in [0.25, 0.3) is 0 Å². The molecule has 2 unspecified atom stereocenters. The molecule has 10 heavy (non-hydrogen) atoms. The van der Waals surface area contributed by atoms with Crippen molar-refractivity contribution in [3.05, 3.63) is 0 Å². The van der Waals surface area contributed by atoms with Gasteiger partial charge in [-0.05, 0) is 0 Å². The van der Waals surface area contributed by atoms with Crippen LogP contribution in [-0.2, 0) is 4.79 Å². The average Bonchev–Trinajstić information content (AvgIpc) is 1.84. The summed E-state index contributed by atoms with van der Waals surface area (Å²) in [5, 5.41) is 16.4. The van der Waals surface area contributed by atoms with E-state index in [-0.39, 0.29) is 0 Å². The predicted octanol–water partition coefficient (Wildman–Crippen LogP) is -1.69. The van der Waals surface area contributed by atoms with Crippen molar-refractivity contribution in [3.63, 3.8) is 0 Å². The Morgan fingerprint density at radius 2 is 1.90 bits per heavy atom. The van der Waals surface area contributed by atoms with Crippen LogP contribution in [0.4, 0.5) is 8.78 Å². The number of hydrogen-bond donors (Lipinski definition) is 3. The Labute approximate surface area is 55.3 Å². The molecule has 0 radical (unpaired) electrons. The van der Waals surface area contributed by atoms with Gasteiger partial charge in [-0.2, -0.15) is 0 Å². The molecule has 0 aliphatic carbocycles. The fourth-order valence-electron chi connectivity index (χ4n) is 0.322. The van der Waals surface area contributed by atoms with E-state index in [1.807, 2.05) is 0 Å². The number of carbonyl (C=O) groups is 1. The zero-order chi connectivity index (χ0) is 8.31. The smallest absolute Gasteiger partial charge is 0.365 e. The van der Waals surface area contributed by atoms with Gasteiger partial charge in [0.2, 0.25) is 6.04 Å². The Morgan fingerprint density at radius 1 is 1.50 bits per heavy atom. The highest BCUT2D eigenvalue weighted by atomic mass is 19.3. The van der Waals surface area contributed by atoms with Gasteiger partial charge >= 0.3 is 5.97 Å². The summed E-state index contributed by atoms with van der Waals surface area (Å²) in [4.78, 5) is 9.89. The Hall–Kier alpha value is -0.750. The number of halogens is 2. The number of aliphatic hydroxyl groups excluding tert-OH is 1. The standard InChI is InChI=1S/C4H7F2NO3/c5-3(6)2(8)1(7)4(9)10/h1-3,8H,7H2,(H,9,10)/p+1. The Kier molecular flexibility index (Phi) is 3.17. The normalized spacial score (nSPS) is 16.9. The van der Waals surface area contributed by atoms with Gasteiger partial charge in [0.25, 0.3) is 6.43 Å². The summed E-state index contributed by atoms with van der Waals surface area (Å²) in [6, 6.07) is -1.67. The first-order valence-electron chi connectivity index (χ1n) is 2.49. The third kappa shape index (κ3) is 2.24. The van der Waals surface area contributed by atoms with Crippen LogP contribution in [0, 0.1) is 0 Å². The summed E-state index contributed by atoms with van der Waals surface area (Å²) in [6.45, 7) is 0. The molecule has 0 aromatic carbocycles. The van der Waals surface area contributed by atoms with Crippen molar-refractivity contribution in [2.75, 3.05) is 0 Å². The van der Waals surface area contributed by atoms with Crippen molar-refractivity contribution in [3.8, 4) is 0 Å². The van der Waals surface area contributed by atoms with E-state index in [4.69, 9.17) is 10.2 Å². The molecule has 2 atom stereocenters. The third-order valence-corrected chi connectivity index (χ3v) is 0.988.